The molecule has 322 valence electrons. The van der Waals surface area contributed by atoms with E-state index in [0.717, 1.165) is 87.5 Å². The number of benzene rings is 3. The topological polar surface area (TPSA) is 172 Å². The summed E-state index contributed by atoms with van der Waals surface area (Å²) in [5, 5.41) is 6.16. The van der Waals surface area contributed by atoms with E-state index in [1.54, 1.807) is 39.2 Å². The molecule has 2 atom stereocenters. The third-order valence-electron chi connectivity index (χ3n) is 12.3. The number of nitrogens with two attached hydrogens (primary N) is 1. The van der Waals surface area contributed by atoms with Gasteiger partial charge in [0.15, 0.2) is 11.5 Å². The first-order chi connectivity index (χ1) is 29.1. The Labute approximate surface area is 350 Å². The minimum absolute atomic E-state index is 0.0203. The Balaban J connectivity index is 0.838. The summed E-state index contributed by atoms with van der Waals surface area (Å²) in [6.45, 7) is 7.89. The van der Waals surface area contributed by atoms with Crippen molar-refractivity contribution in [3.05, 3.63) is 76.6 Å². The normalized spacial score (nSPS) is 19.9. The molecule has 5 heterocycles. The fraction of sp³-hybridized carbons (Fsp3) is 0.455. The summed E-state index contributed by atoms with van der Waals surface area (Å²) in [6, 6.07) is 10.9. The molecule has 0 saturated carbocycles. The molecule has 0 spiro atoms. The molecule has 4 aliphatic rings. The summed E-state index contributed by atoms with van der Waals surface area (Å²) in [4.78, 5) is 65.5. The number of hydrogen-bond donors (Lipinski definition) is 3. The molecular formula is C44H49F3N8O6. The molecule has 0 bridgehead atoms. The number of alkyl halides is 3. The van der Waals surface area contributed by atoms with Crippen molar-refractivity contribution in [2.45, 2.75) is 83.2 Å². The fourth-order valence-electron chi connectivity index (χ4n) is 8.92. The van der Waals surface area contributed by atoms with Crippen LogP contribution in [0.5, 0.6) is 11.5 Å². The largest absolute Gasteiger partial charge is 0.493 e. The maximum Gasteiger partial charge on any atom is 0.416 e. The lowest BCUT2D eigenvalue weighted by Gasteiger charge is -2.36. The van der Waals surface area contributed by atoms with Crippen LogP contribution in [-0.4, -0.2) is 95.4 Å². The molecule has 0 radical (unpaired) electrons. The van der Waals surface area contributed by atoms with E-state index in [0.29, 0.717) is 51.1 Å². The number of rotatable bonds is 11. The SMILES string of the molecule is COc1cc2nc(C)nc(N[C@H](C)c3cc(N)cc(C(F)(F)F)c3)c2cc1OC1CCN(CCC2CCN(c3ccc4c(c3)C(=O)N(C3CCC(=O)NC3=O)C4=O)CC2)CC1. The Morgan fingerprint density at radius 3 is 2.34 bits per heavy atom. The number of aryl methyl sites for hydroxylation is 1. The van der Waals surface area contributed by atoms with Crippen LogP contribution in [0, 0.1) is 12.8 Å². The first-order valence-electron chi connectivity index (χ1n) is 20.8. The van der Waals surface area contributed by atoms with Gasteiger partial charge in [-0.3, -0.25) is 29.4 Å². The van der Waals surface area contributed by atoms with Gasteiger partial charge < -0.3 is 30.3 Å². The van der Waals surface area contributed by atoms with Gasteiger partial charge in [-0.25, -0.2) is 9.97 Å². The fourth-order valence-corrected chi connectivity index (χ4v) is 8.92. The Morgan fingerprint density at radius 2 is 1.64 bits per heavy atom. The number of anilines is 3. The van der Waals surface area contributed by atoms with Gasteiger partial charge >= 0.3 is 6.18 Å². The standard InChI is InChI=1S/C44H49F3N8O6/c1-24(27-18-28(44(45,46)47)20-29(48)19-27)49-40-34-22-38(37(60-3)23-35(34)50-25(2)51-40)61-31-11-14-53(15-12-31)13-8-26-9-16-54(17-10-26)30-4-5-32-33(21-30)43(59)55(42(32)58)36-6-7-39(56)52-41(36)57/h4-5,18-24,26,31,36H,6-17,48H2,1-3H3,(H,49,50,51)(H,52,56,57)/t24-,36?/m1/s1. The predicted molar refractivity (Wildman–Crippen MR) is 221 cm³/mol. The number of nitrogens with one attached hydrogen (secondary N) is 2. The van der Waals surface area contributed by atoms with E-state index < -0.39 is 47.5 Å². The van der Waals surface area contributed by atoms with E-state index in [9.17, 15) is 32.3 Å². The Bertz CT molecular complexity index is 2380. The van der Waals surface area contributed by atoms with Crippen molar-refractivity contribution < 1.29 is 41.8 Å². The van der Waals surface area contributed by atoms with Gasteiger partial charge in [0, 0.05) is 55.4 Å². The van der Waals surface area contributed by atoms with E-state index >= 15 is 0 Å². The minimum atomic E-state index is -4.53. The molecule has 4 N–H and O–H groups in total. The lowest BCUT2D eigenvalue weighted by molar-refractivity contribution is -0.138. The van der Waals surface area contributed by atoms with E-state index in [1.807, 2.05) is 12.1 Å². The number of carbonyl (C=O) groups excluding carboxylic acids is 4. The molecule has 0 aliphatic carbocycles. The first kappa shape index (κ1) is 41.8. The quantitative estimate of drug-likeness (QED) is 0.114. The van der Waals surface area contributed by atoms with Crippen molar-refractivity contribution in [3.8, 4) is 11.5 Å². The van der Waals surface area contributed by atoms with Crippen molar-refractivity contribution in [1.82, 2.24) is 25.1 Å². The summed E-state index contributed by atoms with van der Waals surface area (Å²) in [5.41, 5.74) is 7.48. The highest BCUT2D eigenvalue weighted by atomic mass is 19.4. The number of ether oxygens (including phenoxy) is 2. The monoisotopic (exact) mass is 842 g/mol. The van der Waals surface area contributed by atoms with Crippen LogP contribution in [-0.2, 0) is 15.8 Å². The summed E-state index contributed by atoms with van der Waals surface area (Å²) in [6.07, 6.45) is 0.330. The van der Waals surface area contributed by atoms with Gasteiger partial charge in [-0.1, -0.05) is 0 Å². The molecule has 8 rings (SSSR count). The van der Waals surface area contributed by atoms with Crippen LogP contribution >= 0.6 is 0 Å². The Morgan fingerprint density at radius 1 is 0.902 bits per heavy atom. The average molecular weight is 843 g/mol. The van der Waals surface area contributed by atoms with Crippen LogP contribution in [0.25, 0.3) is 10.9 Å². The minimum Gasteiger partial charge on any atom is -0.493 e. The third-order valence-corrected chi connectivity index (χ3v) is 12.3. The molecule has 4 aromatic rings. The maximum absolute atomic E-state index is 13.6. The summed E-state index contributed by atoms with van der Waals surface area (Å²) >= 11 is 0. The number of likely N-dealkylation sites (tertiary alicyclic amines) is 1. The molecule has 3 saturated heterocycles. The molecule has 3 aromatic carbocycles. The van der Waals surface area contributed by atoms with E-state index in [2.05, 4.69) is 30.4 Å². The zero-order valence-corrected chi connectivity index (χ0v) is 34.3. The number of carbonyl (C=O) groups is 4. The van der Waals surface area contributed by atoms with Crippen molar-refractivity contribution >= 4 is 51.7 Å². The van der Waals surface area contributed by atoms with Crippen molar-refractivity contribution in [2.24, 2.45) is 5.92 Å². The van der Waals surface area contributed by atoms with Crippen LogP contribution in [0.15, 0.2) is 48.5 Å². The molecule has 14 nitrogen and oxygen atoms in total. The number of hydrogen-bond acceptors (Lipinski definition) is 12. The van der Waals surface area contributed by atoms with Crippen LogP contribution in [0.3, 0.4) is 0 Å². The van der Waals surface area contributed by atoms with E-state index in [-0.39, 0.29) is 30.2 Å². The predicted octanol–water partition coefficient (Wildman–Crippen LogP) is 6.27. The number of halogens is 3. The second kappa shape index (κ2) is 16.8. The molecular weight excluding hydrogens is 794 g/mol. The molecule has 4 aliphatic heterocycles. The lowest BCUT2D eigenvalue weighted by atomic mass is 9.92. The number of piperidine rings is 3. The number of methoxy groups -OCH3 is 1. The number of fused-ring (bicyclic) bond motifs is 2. The van der Waals surface area contributed by atoms with Gasteiger partial charge in [-0.15, -0.1) is 0 Å². The number of nitrogen functional groups attached to an aromatic ring is 1. The van der Waals surface area contributed by atoms with Gasteiger partial charge in [-0.05, 0) is 113 Å². The van der Waals surface area contributed by atoms with Crippen LogP contribution in [0.2, 0.25) is 0 Å². The first-order valence-corrected chi connectivity index (χ1v) is 20.8. The Kier molecular flexibility index (Phi) is 11.5. The summed E-state index contributed by atoms with van der Waals surface area (Å²) in [5.74, 6) is 0.523. The van der Waals surface area contributed by atoms with E-state index in [1.165, 1.54) is 6.07 Å². The highest BCUT2D eigenvalue weighted by molar-refractivity contribution is 6.23. The van der Waals surface area contributed by atoms with Crippen LogP contribution in [0.1, 0.15) is 95.6 Å². The zero-order valence-electron chi connectivity index (χ0n) is 34.3. The van der Waals surface area contributed by atoms with Crippen LogP contribution in [0.4, 0.5) is 30.4 Å². The second-order valence-corrected chi connectivity index (χ2v) is 16.4. The molecule has 61 heavy (non-hydrogen) atoms. The molecule has 4 amide bonds. The molecule has 3 fully saturated rings. The van der Waals surface area contributed by atoms with Gasteiger partial charge in [0.2, 0.25) is 11.8 Å². The second-order valence-electron chi connectivity index (χ2n) is 16.4. The molecule has 1 unspecified atom stereocenters. The number of amides is 4. The summed E-state index contributed by atoms with van der Waals surface area (Å²) < 4.78 is 52.9. The smallest absolute Gasteiger partial charge is 0.416 e. The molecule has 1 aromatic heterocycles. The van der Waals surface area contributed by atoms with Crippen molar-refractivity contribution in [1.29, 1.82) is 0 Å². The van der Waals surface area contributed by atoms with Crippen LogP contribution < -0.4 is 30.7 Å². The van der Waals surface area contributed by atoms with Gasteiger partial charge in [0.1, 0.15) is 23.8 Å². The maximum atomic E-state index is 13.6. The lowest BCUT2D eigenvalue weighted by Crippen LogP contribution is -2.54. The number of imide groups is 2. The van der Waals surface area contributed by atoms with Crippen molar-refractivity contribution in [2.75, 3.05) is 55.8 Å². The Hall–Kier alpha value is -5.97. The molecule has 17 heteroatoms. The van der Waals surface area contributed by atoms with Gasteiger partial charge in [0.25, 0.3) is 11.8 Å². The number of nitrogens with zero attached hydrogens (tertiary/aromatic N) is 5. The third kappa shape index (κ3) is 8.79. The summed E-state index contributed by atoms with van der Waals surface area (Å²) in [7, 11) is 1.57. The zero-order chi connectivity index (χ0) is 43.2. The van der Waals surface area contributed by atoms with Gasteiger partial charge in [0.05, 0.1) is 35.4 Å². The van der Waals surface area contributed by atoms with E-state index in [4.69, 9.17) is 15.2 Å². The highest BCUT2D eigenvalue weighted by Crippen LogP contribution is 2.39. The van der Waals surface area contributed by atoms with Crippen molar-refractivity contribution in [3.63, 3.8) is 0 Å². The highest BCUT2D eigenvalue weighted by Gasteiger charge is 2.45. The van der Waals surface area contributed by atoms with Gasteiger partial charge in [-0.2, -0.15) is 13.2 Å². The average Bonchev–Trinajstić information content (AvgIpc) is 3.47. The number of aromatic nitrogens is 2.